The maximum atomic E-state index is 12.1. The first-order valence-electron chi connectivity index (χ1n) is 6.38. The number of anilines is 1. The van der Waals surface area contributed by atoms with Crippen molar-refractivity contribution in [2.24, 2.45) is 0 Å². The summed E-state index contributed by atoms with van der Waals surface area (Å²) in [5.41, 5.74) is 1.34. The highest BCUT2D eigenvalue weighted by Crippen LogP contribution is 2.19. The van der Waals surface area contributed by atoms with Crippen molar-refractivity contribution in [3.05, 3.63) is 59.1 Å². The predicted molar refractivity (Wildman–Crippen MR) is 84.5 cm³/mol. The molecule has 0 aliphatic rings. The Labute approximate surface area is 128 Å². The molecule has 1 N–H and O–H groups in total. The predicted octanol–water partition coefficient (Wildman–Crippen LogP) is 3.73. The molecule has 1 amide bonds. The summed E-state index contributed by atoms with van der Waals surface area (Å²) < 4.78 is 5.55. The normalized spacial score (nSPS) is 11.3. The SMILES string of the molecule is C#Cc1cccc(NC(=O)C(C)Oc2cccc(Cl)c2)c1. The van der Waals surface area contributed by atoms with Crippen LogP contribution in [0.3, 0.4) is 0 Å². The van der Waals surface area contributed by atoms with Gasteiger partial charge >= 0.3 is 0 Å². The first kappa shape index (κ1) is 15.0. The van der Waals surface area contributed by atoms with E-state index in [1.807, 2.05) is 0 Å². The Bertz CT molecular complexity index is 691. The van der Waals surface area contributed by atoms with Crippen LogP contribution in [0.2, 0.25) is 5.02 Å². The Morgan fingerprint density at radius 1 is 1.29 bits per heavy atom. The highest BCUT2D eigenvalue weighted by molar-refractivity contribution is 6.30. The van der Waals surface area contributed by atoms with Gasteiger partial charge in [0.25, 0.3) is 5.91 Å². The molecule has 0 aliphatic heterocycles. The largest absolute Gasteiger partial charge is 0.481 e. The zero-order valence-electron chi connectivity index (χ0n) is 11.5. The molecule has 0 saturated heterocycles. The zero-order valence-corrected chi connectivity index (χ0v) is 12.2. The lowest BCUT2D eigenvalue weighted by atomic mass is 10.2. The molecule has 106 valence electrons. The first-order valence-corrected chi connectivity index (χ1v) is 6.76. The average molecular weight is 300 g/mol. The van der Waals surface area contributed by atoms with Gasteiger partial charge in [0.2, 0.25) is 0 Å². The Kier molecular flexibility index (Phi) is 4.86. The summed E-state index contributed by atoms with van der Waals surface area (Å²) in [4.78, 5) is 12.1. The highest BCUT2D eigenvalue weighted by atomic mass is 35.5. The van der Waals surface area contributed by atoms with Crippen LogP contribution < -0.4 is 10.1 Å². The van der Waals surface area contributed by atoms with E-state index in [9.17, 15) is 4.79 Å². The molecule has 0 heterocycles. The van der Waals surface area contributed by atoms with Crippen molar-refractivity contribution < 1.29 is 9.53 Å². The first-order chi connectivity index (χ1) is 10.1. The van der Waals surface area contributed by atoms with E-state index in [0.29, 0.717) is 22.0 Å². The van der Waals surface area contributed by atoms with Gasteiger partial charge in [0.05, 0.1) is 0 Å². The molecule has 1 atom stereocenters. The molecule has 2 aromatic rings. The summed E-state index contributed by atoms with van der Waals surface area (Å²) in [6.45, 7) is 1.67. The van der Waals surface area contributed by atoms with Gasteiger partial charge < -0.3 is 10.1 Å². The van der Waals surface area contributed by atoms with Gasteiger partial charge in [0, 0.05) is 16.3 Å². The number of ether oxygens (including phenoxy) is 1. The minimum Gasteiger partial charge on any atom is -0.481 e. The number of amides is 1. The van der Waals surface area contributed by atoms with Crippen molar-refractivity contribution in [1.82, 2.24) is 0 Å². The summed E-state index contributed by atoms with van der Waals surface area (Å²) in [7, 11) is 0. The maximum Gasteiger partial charge on any atom is 0.265 e. The molecule has 0 radical (unpaired) electrons. The lowest BCUT2D eigenvalue weighted by Crippen LogP contribution is -2.30. The van der Waals surface area contributed by atoms with Gasteiger partial charge in [-0.1, -0.05) is 29.7 Å². The van der Waals surface area contributed by atoms with Crippen LogP contribution in [0.5, 0.6) is 5.75 Å². The van der Waals surface area contributed by atoms with Crippen LogP contribution in [0.15, 0.2) is 48.5 Å². The topological polar surface area (TPSA) is 38.3 Å². The molecule has 0 saturated carbocycles. The van der Waals surface area contributed by atoms with Crippen LogP contribution >= 0.6 is 11.6 Å². The fourth-order valence-electron chi connectivity index (χ4n) is 1.73. The van der Waals surface area contributed by atoms with Gasteiger partial charge in [-0.25, -0.2) is 0 Å². The Balaban J connectivity index is 2.01. The number of carbonyl (C=O) groups is 1. The molecular weight excluding hydrogens is 286 g/mol. The van der Waals surface area contributed by atoms with E-state index in [2.05, 4.69) is 11.2 Å². The van der Waals surface area contributed by atoms with Crippen molar-refractivity contribution in [3.8, 4) is 18.1 Å². The molecule has 0 bridgehead atoms. The lowest BCUT2D eigenvalue weighted by molar-refractivity contribution is -0.122. The van der Waals surface area contributed by atoms with E-state index in [1.165, 1.54) is 0 Å². The second kappa shape index (κ2) is 6.83. The van der Waals surface area contributed by atoms with Crippen molar-refractivity contribution in [2.75, 3.05) is 5.32 Å². The minimum atomic E-state index is -0.655. The second-order valence-electron chi connectivity index (χ2n) is 4.43. The van der Waals surface area contributed by atoms with Gasteiger partial charge in [-0.2, -0.15) is 0 Å². The van der Waals surface area contributed by atoms with Crippen LogP contribution in [-0.2, 0) is 4.79 Å². The molecule has 2 aromatic carbocycles. The molecule has 3 nitrogen and oxygen atoms in total. The fourth-order valence-corrected chi connectivity index (χ4v) is 1.91. The molecule has 0 aliphatic carbocycles. The van der Waals surface area contributed by atoms with Gasteiger partial charge in [0.1, 0.15) is 5.75 Å². The second-order valence-corrected chi connectivity index (χ2v) is 4.87. The number of nitrogens with one attached hydrogen (secondary N) is 1. The number of hydrogen-bond donors (Lipinski definition) is 1. The molecule has 0 fully saturated rings. The molecule has 21 heavy (non-hydrogen) atoms. The standard InChI is InChI=1S/C17H14ClNO2/c1-3-13-6-4-8-15(10-13)19-17(20)12(2)21-16-9-5-7-14(18)11-16/h1,4-12H,2H3,(H,19,20). The third-order valence-corrected chi connectivity index (χ3v) is 3.01. The van der Waals surface area contributed by atoms with E-state index in [0.717, 1.165) is 0 Å². The molecule has 2 rings (SSSR count). The van der Waals surface area contributed by atoms with Crippen LogP contribution in [0, 0.1) is 12.3 Å². The Morgan fingerprint density at radius 3 is 2.76 bits per heavy atom. The average Bonchev–Trinajstić information content (AvgIpc) is 2.47. The number of hydrogen-bond acceptors (Lipinski definition) is 2. The highest BCUT2D eigenvalue weighted by Gasteiger charge is 2.15. The Hall–Kier alpha value is -2.44. The Morgan fingerprint density at radius 2 is 2.05 bits per heavy atom. The molecule has 0 spiro atoms. The van der Waals surface area contributed by atoms with Gasteiger partial charge in [-0.15, -0.1) is 6.42 Å². The van der Waals surface area contributed by atoms with Crippen LogP contribution in [-0.4, -0.2) is 12.0 Å². The van der Waals surface area contributed by atoms with E-state index in [1.54, 1.807) is 55.5 Å². The third-order valence-electron chi connectivity index (χ3n) is 2.77. The van der Waals surface area contributed by atoms with Gasteiger partial charge in [0.15, 0.2) is 6.10 Å². The molecule has 4 heteroatoms. The summed E-state index contributed by atoms with van der Waals surface area (Å²) >= 11 is 5.87. The molecule has 0 aromatic heterocycles. The van der Waals surface area contributed by atoms with Gasteiger partial charge in [-0.05, 0) is 43.3 Å². The van der Waals surface area contributed by atoms with E-state index >= 15 is 0 Å². The third kappa shape index (κ3) is 4.27. The summed E-state index contributed by atoms with van der Waals surface area (Å²) in [6.07, 6.45) is 4.67. The number of terminal acetylenes is 1. The van der Waals surface area contributed by atoms with Crippen molar-refractivity contribution >= 4 is 23.2 Å². The molecule has 1 unspecified atom stereocenters. The van der Waals surface area contributed by atoms with Crippen molar-refractivity contribution in [3.63, 3.8) is 0 Å². The number of carbonyl (C=O) groups excluding carboxylic acids is 1. The number of benzene rings is 2. The van der Waals surface area contributed by atoms with Crippen LogP contribution in [0.4, 0.5) is 5.69 Å². The van der Waals surface area contributed by atoms with Crippen molar-refractivity contribution in [2.45, 2.75) is 13.0 Å². The number of rotatable bonds is 4. The van der Waals surface area contributed by atoms with Crippen LogP contribution in [0.25, 0.3) is 0 Å². The molecular formula is C17H14ClNO2. The van der Waals surface area contributed by atoms with Crippen molar-refractivity contribution in [1.29, 1.82) is 0 Å². The number of halogens is 1. The zero-order chi connectivity index (χ0) is 15.2. The summed E-state index contributed by atoms with van der Waals surface area (Å²) in [6, 6.07) is 14.0. The van der Waals surface area contributed by atoms with E-state index in [4.69, 9.17) is 22.8 Å². The summed E-state index contributed by atoms with van der Waals surface area (Å²) in [5.74, 6) is 2.80. The fraction of sp³-hybridized carbons (Fsp3) is 0.118. The van der Waals surface area contributed by atoms with E-state index < -0.39 is 6.10 Å². The summed E-state index contributed by atoms with van der Waals surface area (Å²) in [5, 5.41) is 3.32. The smallest absolute Gasteiger partial charge is 0.265 e. The lowest BCUT2D eigenvalue weighted by Gasteiger charge is -2.15. The van der Waals surface area contributed by atoms with Gasteiger partial charge in [-0.3, -0.25) is 4.79 Å². The maximum absolute atomic E-state index is 12.1. The monoisotopic (exact) mass is 299 g/mol. The van der Waals surface area contributed by atoms with Crippen LogP contribution in [0.1, 0.15) is 12.5 Å². The quantitative estimate of drug-likeness (QED) is 0.874. The minimum absolute atomic E-state index is 0.260. The van der Waals surface area contributed by atoms with E-state index in [-0.39, 0.29) is 5.91 Å².